The molecule has 1 N–H and O–H groups in total. The summed E-state index contributed by atoms with van der Waals surface area (Å²) < 4.78 is 4.97. The van der Waals surface area contributed by atoms with Gasteiger partial charge in [-0.2, -0.15) is 0 Å². The second-order valence-corrected chi connectivity index (χ2v) is 5.60. The Morgan fingerprint density at radius 1 is 1.44 bits per heavy atom. The summed E-state index contributed by atoms with van der Waals surface area (Å²) in [5.41, 5.74) is 0.157. The number of nitrogens with one attached hydrogen (secondary N) is 1. The monoisotopic (exact) mass is 225 g/mol. The van der Waals surface area contributed by atoms with Crippen LogP contribution >= 0.6 is 0 Å². The molecule has 0 bridgehead atoms. The lowest BCUT2D eigenvalue weighted by molar-refractivity contribution is -0.151. The van der Waals surface area contributed by atoms with Crippen LogP contribution in [0.15, 0.2) is 0 Å². The molecule has 1 aliphatic carbocycles. The largest absolute Gasteiger partial charge is 0.469 e. The average Bonchev–Trinajstić information content (AvgIpc) is 2.70. The Morgan fingerprint density at radius 3 is 2.88 bits per heavy atom. The molecule has 4 unspecified atom stereocenters. The number of hydrogen-bond donors (Lipinski definition) is 1. The first-order valence-electron chi connectivity index (χ1n) is 6.40. The van der Waals surface area contributed by atoms with Crippen molar-refractivity contribution < 1.29 is 9.53 Å². The summed E-state index contributed by atoms with van der Waals surface area (Å²) in [5.74, 6) is 1.38. The number of methoxy groups -OCH3 is 1. The lowest BCUT2D eigenvalue weighted by Crippen LogP contribution is -2.45. The van der Waals surface area contributed by atoms with Crippen molar-refractivity contribution in [1.82, 2.24) is 5.32 Å². The van der Waals surface area contributed by atoms with E-state index < -0.39 is 0 Å². The van der Waals surface area contributed by atoms with Crippen LogP contribution in [0.5, 0.6) is 0 Å². The predicted molar refractivity (Wildman–Crippen MR) is 63.0 cm³/mol. The molecular weight excluding hydrogens is 202 g/mol. The number of esters is 1. The second kappa shape index (κ2) is 4.36. The van der Waals surface area contributed by atoms with E-state index in [2.05, 4.69) is 19.2 Å². The number of ether oxygens (including phenoxy) is 1. The van der Waals surface area contributed by atoms with Crippen molar-refractivity contribution in [3.05, 3.63) is 0 Å². The summed E-state index contributed by atoms with van der Waals surface area (Å²) in [4.78, 5) is 11.9. The highest BCUT2D eigenvalue weighted by Gasteiger charge is 2.52. The van der Waals surface area contributed by atoms with Gasteiger partial charge in [-0.05, 0) is 18.3 Å². The molecule has 92 valence electrons. The van der Waals surface area contributed by atoms with Gasteiger partial charge in [0.2, 0.25) is 0 Å². The maximum Gasteiger partial charge on any atom is 0.310 e. The van der Waals surface area contributed by atoms with E-state index in [1.807, 2.05) is 0 Å². The van der Waals surface area contributed by atoms with Crippen LogP contribution in [-0.2, 0) is 9.53 Å². The van der Waals surface area contributed by atoms with Crippen molar-refractivity contribution in [3.63, 3.8) is 0 Å². The van der Waals surface area contributed by atoms with Crippen LogP contribution in [0, 0.1) is 23.2 Å². The molecule has 16 heavy (non-hydrogen) atoms. The summed E-state index contributed by atoms with van der Waals surface area (Å²) in [6.45, 7) is 6.41. The van der Waals surface area contributed by atoms with Gasteiger partial charge in [-0.1, -0.05) is 26.7 Å². The Kier molecular flexibility index (Phi) is 3.24. The summed E-state index contributed by atoms with van der Waals surface area (Å²) in [6.07, 6.45) is 3.72. The SMILES string of the molecule is COC(=O)C1CNCC12CCCC(C)C2C. The molecule has 1 heterocycles. The minimum absolute atomic E-state index is 0.0223. The number of carbonyl (C=O) groups excluding carboxylic acids is 1. The summed E-state index contributed by atoms with van der Waals surface area (Å²) in [7, 11) is 1.51. The molecule has 1 saturated heterocycles. The molecule has 2 aliphatic rings. The Balaban J connectivity index is 2.24. The third kappa shape index (κ3) is 1.65. The average molecular weight is 225 g/mol. The van der Waals surface area contributed by atoms with Crippen LogP contribution in [0.2, 0.25) is 0 Å². The molecule has 2 rings (SSSR count). The van der Waals surface area contributed by atoms with E-state index in [0.29, 0.717) is 5.92 Å². The van der Waals surface area contributed by atoms with Gasteiger partial charge in [0.05, 0.1) is 13.0 Å². The zero-order valence-electron chi connectivity index (χ0n) is 10.6. The first-order valence-corrected chi connectivity index (χ1v) is 6.40. The quantitative estimate of drug-likeness (QED) is 0.692. The number of carbonyl (C=O) groups is 1. The second-order valence-electron chi connectivity index (χ2n) is 5.60. The van der Waals surface area contributed by atoms with Gasteiger partial charge in [0.25, 0.3) is 0 Å². The van der Waals surface area contributed by atoms with Gasteiger partial charge in [-0.15, -0.1) is 0 Å². The van der Waals surface area contributed by atoms with Crippen molar-refractivity contribution >= 4 is 5.97 Å². The lowest BCUT2D eigenvalue weighted by Gasteiger charge is -2.45. The molecule has 2 fully saturated rings. The van der Waals surface area contributed by atoms with Crippen LogP contribution in [0.3, 0.4) is 0 Å². The highest BCUT2D eigenvalue weighted by Crippen LogP contribution is 2.51. The van der Waals surface area contributed by atoms with Gasteiger partial charge in [-0.25, -0.2) is 0 Å². The van der Waals surface area contributed by atoms with Gasteiger partial charge in [0.1, 0.15) is 0 Å². The highest BCUT2D eigenvalue weighted by molar-refractivity contribution is 5.74. The van der Waals surface area contributed by atoms with E-state index in [0.717, 1.165) is 19.0 Å². The van der Waals surface area contributed by atoms with Gasteiger partial charge >= 0.3 is 5.97 Å². The molecular formula is C13H23NO2. The van der Waals surface area contributed by atoms with Crippen molar-refractivity contribution in [3.8, 4) is 0 Å². The third-order valence-electron chi connectivity index (χ3n) is 5.04. The van der Waals surface area contributed by atoms with E-state index in [1.165, 1.54) is 26.4 Å². The Hall–Kier alpha value is -0.570. The Bertz CT molecular complexity index is 279. The molecule has 1 saturated carbocycles. The summed E-state index contributed by atoms with van der Waals surface area (Å²) in [5, 5.41) is 3.40. The minimum atomic E-state index is -0.0223. The standard InChI is InChI=1S/C13H23NO2/c1-9-5-4-6-13(10(9)2)8-14-7-11(13)12(15)16-3/h9-11,14H,4-8H2,1-3H3. The van der Waals surface area contributed by atoms with Crippen LogP contribution in [0.1, 0.15) is 33.1 Å². The van der Waals surface area contributed by atoms with E-state index in [4.69, 9.17) is 4.74 Å². The predicted octanol–water partition coefficient (Wildman–Crippen LogP) is 1.82. The fraction of sp³-hybridized carbons (Fsp3) is 0.923. The van der Waals surface area contributed by atoms with Crippen LogP contribution in [0.4, 0.5) is 0 Å². The molecule has 3 nitrogen and oxygen atoms in total. The lowest BCUT2D eigenvalue weighted by atomic mass is 9.58. The maximum absolute atomic E-state index is 11.9. The fourth-order valence-electron chi connectivity index (χ4n) is 3.77. The maximum atomic E-state index is 11.9. The smallest absolute Gasteiger partial charge is 0.310 e. The molecule has 0 aromatic carbocycles. The van der Waals surface area contributed by atoms with Crippen LogP contribution in [0.25, 0.3) is 0 Å². The van der Waals surface area contributed by atoms with Gasteiger partial charge < -0.3 is 10.1 Å². The molecule has 1 aliphatic heterocycles. The summed E-state index contributed by atoms with van der Waals surface area (Å²) in [6, 6.07) is 0. The first-order chi connectivity index (χ1) is 7.62. The van der Waals surface area contributed by atoms with E-state index in [1.54, 1.807) is 0 Å². The van der Waals surface area contributed by atoms with Crippen molar-refractivity contribution in [2.24, 2.45) is 23.2 Å². The third-order valence-corrected chi connectivity index (χ3v) is 5.04. The molecule has 0 aromatic heterocycles. The molecule has 0 radical (unpaired) electrons. The molecule has 0 aromatic rings. The minimum Gasteiger partial charge on any atom is -0.469 e. The first kappa shape index (κ1) is 11.9. The summed E-state index contributed by atoms with van der Waals surface area (Å²) >= 11 is 0. The van der Waals surface area contributed by atoms with Crippen molar-refractivity contribution in [2.75, 3.05) is 20.2 Å². The highest BCUT2D eigenvalue weighted by atomic mass is 16.5. The van der Waals surface area contributed by atoms with Gasteiger partial charge in [0, 0.05) is 18.5 Å². The van der Waals surface area contributed by atoms with Crippen LogP contribution < -0.4 is 5.32 Å². The fourth-order valence-corrected chi connectivity index (χ4v) is 3.77. The van der Waals surface area contributed by atoms with Crippen molar-refractivity contribution in [1.29, 1.82) is 0 Å². The topological polar surface area (TPSA) is 38.3 Å². The number of hydrogen-bond acceptors (Lipinski definition) is 3. The Morgan fingerprint density at radius 2 is 2.19 bits per heavy atom. The zero-order valence-corrected chi connectivity index (χ0v) is 10.6. The molecule has 4 atom stereocenters. The molecule has 3 heteroatoms. The van der Waals surface area contributed by atoms with E-state index in [-0.39, 0.29) is 17.3 Å². The van der Waals surface area contributed by atoms with Crippen molar-refractivity contribution in [2.45, 2.75) is 33.1 Å². The number of rotatable bonds is 1. The van der Waals surface area contributed by atoms with Gasteiger partial charge in [-0.3, -0.25) is 4.79 Å². The normalized spacial score (nSPS) is 43.6. The molecule has 1 spiro atoms. The molecule has 0 amide bonds. The van der Waals surface area contributed by atoms with Gasteiger partial charge in [0.15, 0.2) is 0 Å². The Labute approximate surface area is 97.9 Å². The van der Waals surface area contributed by atoms with Crippen LogP contribution in [-0.4, -0.2) is 26.2 Å². The van der Waals surface area contributed by atoms with E-state index in [9.17, 15) is 4.79 Å². The zero-order chi connectivity index (χ0) is 11.8. The van der Waals surface area contributed by atoms with E-state index >= 15 is 0 Å².